The summed E-state index contributed by atoms with van der Waals surface area (Å²) in [7, 11) is 5.82. The maximum absolute atomic E-state index is 4.56. The highest BCUT2D eigenvalue weighted by Gasteiger charge is 2.06. The highest BCUT2D eigenvalue weighted by atomic mass is 15.2. The molecule has 0 fully saturated rings. The summed E-state index contributed by atoms with van der Waals surface area (Å²) in [5.74, 6) is 0.722. The summed E-state index contributed by atoms with van der Waals surface area (Å²) in [5, 5.41) is 6.66. The topological polar surface area (TPSA) is 46.8 Å². The minimum Gasteiger partial charge on any atom is -0.347 e. The zero-order valence-corrected chi connectivity index (χ0v) is 13.4. The number of benzene rings is 2. The second-order valence-electron chi connectivity index (χ2n) is 5.91. The van der Waals surface area contributed by atoms with Crippen molar-refractivity contribution in [1.82, 2.24) is 19.7 Å². The molecule has 0 aliphatic rings. The molecule has 2 aromatic heterocycles. The van der Waals surface area contributed by atoms with Crippen LogP contribution in [0.25, 0.3) is 32.9 Å². The molecule has 4 rings (SSSR count). The monoisotopic (exact) mass is 303 g/mol. The molecular weight excluding hydrogens is 286 g/mol. The number of hydrogen-bond acceptors (Lipinski definition) is 4. The van der Waals surface area contributed by atoms with Crippen LogP contribution in [0.5, 0.6) is 0 Å². The van der Waals surface area contributed by atoms with Crippen LogP contribution in [0.3, 0.4) is 0 Å². The Balaban J connectivity index is 1.82. The van der Waals surface area contributed by atoms with E-state index < -0.39 is 0 Å². The van der Waals surface area contributed by atoms with Gasteiger partial charge in [-0.25, -0.2) is 9.97 Å². The van der Waals surface area contributed by atoms with Gasteiger partial charge in [-0.2, -0.15) is 5.10 Å². The van der Waals surface area contributed by atoms with E-state index >= 15 is 0 Å². The predicted octanol–water partition coefficient (Wildman–Crippen LogP) is 3.25. The van der Waals surface area contributed by atoms with E-state index in [0.717, 1.165) is 38.9 Å². The third kappa shape index (κ3) is 2.40. The van der Waals surface area contributed by atoms with Crippen molar-refractivity contribution in [3.05, 3.63) is 48.8 Å². The number of nitrogens with zero attached hydrogens (tertiary/aromatic N) is 5. The van der Waals surface area contributed by atoms with Gasteiger partial charge in [0, 0.05) is 44.3 Å². The largest absolute Gasteiger partial charge is 0.347 e. The van der Waals surface area contributed by atoms with Crippen molar-refractivity contribution in [2.24, 2.45) is 7.05 Å². The highest BCUT2D eigenvalue weighted by molar-refractivity contribution is 5.88. The molecule has 23 heavy (non-hydrogen) atoms. The van der Waals surface area contributed by atoms with Gasteiger partial charge < -0.3 is 4.90 Å². The highest BCUT2D eigenvalue weighted by Crippen LogP contribution is 2.26. The van der Waals surface area contributed by atoms with Crippen LogP contribution < -0.4 is 4.90 Å². The van der Waals surface area contributed by atoms with Gasteiger partial charge in [-0.15, -0.1) is 0 Å². The Morgan fingerprint density at radius 2 is 1.70 bits per heavy atom. The van der Waals surface area contributed by atoms with Crippen molar-refractivity contribution < 1.29 is 0 Å². The lowest BCUT2D eigenvalue weighted by molar-refractivity contribution is 0.780. The van der Waals surface area contributed by atoms with Gasteiger partial charge in [0.1, 0.15) is 0 Å². The summed E-state index contributed by atoms with van der Waals surface area (Å²) in [6.07, 6.45) is 3.90. The van der Waals surface area contributed by atoms with Crippen LogP contribution in [0.1, 0.15) is 0 Å². The molecule has 2 aromatic carbocycles. The summed E-state index contributed by atoms with van der Waals surface area (Å²) in [4.78, 5) is 10.9. The summed E-state index contributed by atoms with van der Waals surface area (Å²) < 4.78 is 1.84. The van der Waals surface area contributed by atoms with Gasteiger partial charge in [-0.1, -0.05) is 18.2 Å². The average molecular weight is 303 g/mol. The first-order chi connectivity index (χ1) is 11.1. The van der Waals surface area contributed by atoms with E-state index in [-0.39, 0.29) is 0 Å². The van der Waals surface area contributed by atoms with Crippen molar-refractivity contribution in [1.29, 1.82) is 0 Å². The Hall–Kier alpha value is -2.95. The van der Waals surface area contributed by atoms with E-state index in [2.05, 4.69) is 45.4 Å². The van der Waals surface area contributed by atoms with Crippen LogP contribution in [0.2, 0.25) is 0 Å². The molecule has 0 atom stereocenters. The zero-order chi connectivity index (χ0) is 16.0. The van der Waals surface area contributed by atoms with Gasteiger partial charge in [0.2, 0.25) is 5.95 Å². The lowest BCUT2D eigenvalue weighted by Crippen LogP contribution is -2.12. The smallest absolute Gasteiger partial charge is 0.225 e. The van der Waals surface area contributed by atoms with Crippen molar-refractivity contribution in [2.75, 3.05) is 19.0 Å². The number of aryl methyl sites for hydroxylation is 1. The number of hydrogen-bond donors (Lipinski definition) is 0. The molecule has 4 aromatic rings. The summed E-state index contributed by atoms with van der Waals surface area (Å²) >= 11 is 0. The van der Waals surface area contributed by atoms with Crippen LogP contribution >= 0.6 is 0 Å². The molecule has 2 heterocycles. The number of anilines is 1. The first-order valence-corrected chi connectivity index (χ1v) is 7.48. The Labute approximate surface area is 134 Å². The van der Waals surface area contributed by atoms with Crippen LogP contribution in [-0.4, -0.2) is 33.8 Å². The molecule has 0 aliphatic carbocycles. The van der Waals surface area contributed by atoms with Crippen LogP contribution in [0, 0.1) is 0 Å². The Bertz CT molecular complexity index is 1020. The molecule has 0 N–H and O–H groups in total. The Kier molecular flexibility index (Phi) is 3.01. The quantitative estimate of drug-likeness (QED) is 0.570. The van der Waals surface area contributed by atoms with Crippen LogP contribution in [-0.2, 0) is 7.05 Å². The SMILES string of the molecule is CN(C)c1ncc2cc(-c3ccc4cn(C)nc4c3)ccc2n1. The summed E-state index contributed by atoms with van der Waals surface area (Å²) in [6, 6.07) is 12.6. The van der Waals surface area contributed by atoms with Gasteiger partial charge in [-0.05, 0) is 29.3 Å². The average Bonchev–Trinajstić information content (AvgIpc) is 2.92. The van der Waals surface area contributed by atoms with E-state index in [0.29, 0.717) is 0 Å². The maximum Gasteiger partial charge on any atom is 0.225 e. The number of rotatable bonds is 2. The number of fused-ring (bicyclic) bond motifs is 2. The van der Waals surface area contributed by atoms with E-state index in [4.69, 9.17) is 0 Å². The van der Waals surface area contributed by atoms with Gasteiger partial charge in [0.15, 0.2) is 0 Å². The van der Waals surface area contributed by atoms with Crippen LogP contribution in [0.4, 0.5) is 5.95 Å². The lowest BCUT2D eigenvalue weighted by atomic mass is 10.0. The first kappa shape index (κ1) is 13.7. The second kappa shape index (κ2) is 5.05. The predicted molar refractivity (Wildman–Crippen MR) is 93.6 cm³/mol. The molecule has 0 amide bonds. The first-order valence-electron chi connectivity index (χ1n) is 7.48. The standard InChI is InChI=1S/C18H17N5/c1-22(2)18-19-10-15-8-12(6-7-16(15)20-18)13-4-5-14-11-23(3)21-17(14)9-13/h4-11H,1-3H3. The fourth-order valence-electron chi connectivity index (χ4n) is 2.74. The second-order valence-corrected chi connectivity index (χ2v) is 5.91. The minimum absolute atomic E-state index is 0.722. The Morgan fingerprint density at radius 3 is 2.52 bits per heavy atom. The van der Waals surface area contributed by atoms with E-state index in [1.807, 2.05) is 49.2 Å². The van der Waals surface area contributed by atoms with Gasteiger partial charge in [-0.3, -0.25) is 4.68 Å². The zero-order valence-electron chi connectivity index (χ0n) is 13.4. The molecule has 0 aliphatic heterocycles. The molecule has 114 valence electrons. The Morgan fingerprint density at radius 1 is 0.913 bits per heavy atom. The lowest BCUT2D eigenvalue weighted by Gasteiger charge is -2.10. The molecule has 5 heteroatoms. The van der Waals surface area contributed by atoms with Crippen molar-refractivity contribution in [3.63, 3.8) is 0 Å². The molecule has 5 nitrogen and oxygen atoms in total. The van der Waals surface area contributed by atoms with E-state index in [9.17, 15) is 0 Å². The van der Waals surface area contributed by atoms with Crippen molar-refractivity contribution >= 4 is 27.8 Å². The third-order valence-corrected chi connectivity index (χ3v) is 3.92. The molecule has 0 spiro atoms. The molecule has 0 saturated carbocycles. The molecule has 0 bridgehead atoms. The van der Waals surface area contributed by atoms with Crippen molar-refractivity contribution in [3.8, 4) is 11.1 Å². The molecular formula is C18H17N5. The number of aromatic nitrogens is 4. The normalized spacial score (nSPS) is 11.3. The fraction of sp³-hybridized carbons (Fsp3) is 0.167. The van der Waals surface area contributed by atoms with Gasteiger partial charge >= 0.3 is 0 Å². The molecule has 0 unspecified atom stereocenters. The fourth-order valence-corrected chi connectivity index (χ4v) is 2.74. The molecule has 0 saturated heterocycles. The van der Waals surface area contributed by atoms with E-state index in [1.54, 1.807) is 0 Å². The minimum atomic E-state index is 0.722. The van der Waals surface area contributed by atoms with E-state index in [1.165, 1.54) is 0 Å². The van der Waals surface area contributed by atoms with Gasteiger partial charge in [0.05, 0.1) is 11.0 Å². The third-order valence-electron chi connectivity index (χ3n) is 3.92. The maximum atomic E-state index is 4.56. The summed E-state index contributed by atoms with van der Waals surface area (Å²) in [5.41, 5.74) is 4.25. The summed E-state index contributed by atoms with van der Waals surface area (Å²) in [6.45, 7) is 0. The van der Waals surface area contributed by atoms with Gasteiger partial charge in [0.25, 0.3) is 0 Å². The van der Waals surface area contributed by atoms with Crippen LogP contribution in [0.15, 0.2) is 48.8 Å². The van der Waals surface area contributed by atoms with Crippen molar-refractivity contribution in [2.45, 2.75) is 0 Å². The molecule has 0 radical (unpaired) electrons.